The number of rotatable bonds is 3. The first-order valence-electron chi connectivity index (χ1n) is 5.57. The van der Waals surface area contributed by atoms with Crippen LogP contribution in [0.5, 0.6) is 0 Å². The standard InChI is InChI=1S/C12H13F2NO3/c13-9-2-1-3-10(14)8(9)6-15-4-5-18-11(7-15)12(16)17/h1-3,11H,4-7H2,(H,16,17). The highest BCUT2D eigenvalue weighted by atomic mass is 19.1. The van der Waals surface area contributed by atoms with Gasteiger partial charge in [0.2, 0.25) is 0 Å². The Hall–Kier alpha value is -1.53. The number of carboxylic acid groups (broad SMARTS) is 1. The van der Waals surface area contributed by atoms with E-state index in [0.717, 1.165) is 0 Å². The summed E-state index contributed by atoms with van der Waals surface area (Å²) in [5.41, 5.74) is -0.0384. The molecule has 1 aromatic carbocycles. The van der Waals surface area contributed by atoms with Crippen LogP contribution >= 0.6 is 0 Å². The Morgan fingerprint density at radius 1 is 1.44 bits per heavy atom. The molecule has 6 heteroatoms. The topological polar surface area (TPSA) is 49.8 Å². The summed E-state index contributed by atoms with van der Waals surface area (Å²) < 4.78 is 31.9. The molecular formula is C12H13F2NO3. The number of hydrogen-bond donors (Lipinski definition) is 1. The number of hydrogen-bond acceptors (Lipinski definition) is 3. The molecule has 0 bridgehead atoms. The van der Waals surface area contributed by atoms with E-state index in [9.17, 15) is 13.6 Å². The van der Waals surface area contributed by atoms with E-state index in [0.29, 0.717) is 6.54 Å². The first kappa shape index (κ1) is 12.9. The minimum Gasteiger partial charge on any atom is -0.479 e. The van der Waals surface area contributed by atoms with E-state index in [1.807, 2.05) is 0 Å². The Kier molecular flexibility index (Phi) is 3.88. The predicted molar refractivity (Wildman–Crippen MR) is 59.0 cm³/mol. The van der Waals surface area contributed by atoms with Crippen LogP contribution in [0.25, 0.3) is 0 Å². The predicted octanol–water partition coefficient (Wildman–Crippen LogP) is 1.25. The van der Waals surface area contributed by atoms with Crippen molar-refractivity contribution in [3.05, 3.63) is 35.4 Å². The Balaban J connectivity index is 2.07. The lowest BCUT2D eigenvalue weighted by Gasteiger charge is -2.30. The van der Waals surface area contributed by atoms with E-state index in [1.165, 1.54) is 18.2 Å². The number of benzene rings is 1. The molecule has 0 saturated carbocycles. The van der Waals surface area contributed by atoms with Crippen molar-refractivity contribution in [1.82, 2.24) is 4.90 Å². The molecule has 1 aromatic rings. The molecule has 1 N–H and O–H groups in total. The van der Waals surface area contributed by atoms with Gasteiger partial charge in [-0.1, -0.05) is 6.07 Å². The van der Waals surface area contributed by atoms with Crippen molar-refractivity contribution >= 4 is 5.97 Å². The number of nitrogens with zero attached hydrogens (tertiary/aromatic N) is 1. The van der Waals surface area contributed by atoms with Gasteiger partial charge in [0.15, 0.2) is 6.10 Å². The normalized spacial score (nSPS) is 20.9. The lowest BCUT2D eigenvalue weighted by Crippen LogP contribution is -2.45. The third-order valence-corrected chi connectivity index (χ3v) is 2.87. The molecule has 1 aliphatic heterocycles. The Morgan fingerprint density at radius 2 is 2.11 bits per heavy atom. The van der Waals surface area contributed by atoms with Crippen molar-refractivity contribution in [3.63, 3.8) is 0 Å². The lowest BCUT2D eigenvalue weighted by atomic mass is 10.1. The van der Waals surface area contributed by atoms with Gasteiger partial charge in [-0.2, -0.15) is 0 Å². The third kappa shape index (κ3) is 2.83. The quantitative estimate of drug-likeness (QED) is 0.885. The molecular weight excluding hydrogens is 244 g/mol. The minimum absolute atomic E-state index is 0.0384. The Morgan fingerprint density at radius 3 is 2.72 bits per heavy atom. The highest BCUT2D eigenvalue weighted by Gasteiger charge is 2.27. The summed E-state index contributed by atoms with van der Waals surface area (Å²) in [5, 5.41) is 8.83. The number of carboxylic acids is 1. The fraction of sp³-hybridized carbons (Fsp3) is 0.417. The van der Waals surface area contributed by atoms with Crippen LogP contribution in [0.15, 0.2) is 18.2 Å². The van der Waals surface area contributed by atoms with Gasteiger partial charge < -0.3 is 9.84 Å². The van der Waals surface area contributed by atoms with Crippen LogP contribution in [-0.4, -0.2) is 41.8 Å². The monoisotopic (exact) mass is 257 g/mol. The van der Waals surface area contributed by atoms with Gasteiger partial charge in [-0.15, -0.1) is 0 Å². The molecule has 1 heterocycles. The Labute approximate surface area is 103 Å². The van der Waals surface area contributed by atoms with Crippen molar-refractivity contribution < 1.29 is 23.4 Å². The van der Waals surface area contributed by atoms with Gasteiger partial charge in [-0.3, -0.25) is 4.90 Å². The van der Waals surface area contributed by atoms with E-state index in [2.05, 4.69) is 0 Å². The minimum atomic E-state index is -1.06. The molecule has 4 nitrogen and oxygen atoms in total. The summed E-state index contributed by atoms with van der Waals surface area (Å²) >= 11 is 0. The maximum absolute atomic E-state index is 13.4. The average molecular weight is 257 g/mol. The van der Waals surface area contributed by atoms with Gasteiger partial charge in [0.1, 0.15) is 11.6 Å². The highest BCUT2D eigenvalue weighted by Crippen LogP contribution is 2.16. The van der Waals surface area contributed by atoms with Gasteiger partial charge in [0.25, 0.3) is 0 Å². The summed E-state index contributed by atoms with van der Waals surface area (Å²) in [6.07, 6.45) is -0.936. The molecule has 1 saturated heterocycles. The molecule has 1 unspecified atom stereocenters. The van der Waals surface area contributed by atoms with E-state index >= 15 is 0 Å². The average Bonchev–Trinajstić information content (AvgIpc) is 2.34. The van der Waals surface area contributed by atoms with Crippen LogP contribution in [-0.2, 0) is 16.1 Å². The zero-order chi connectivity index (χ0) is 13.1. The van der Waals surface area contributed by atoms with Crippen molar-refractivity contribution in [2.24, 2.45) is 0 Å². The first-order chi connectivity index (χ1) is 8.58. The largest absolute Gasteiger partial charge is 0.479 e. The van der Waals surface area contributed by atoms with Gasteiger partial charge >= 0.3 is 5.97 Å². The smallest absolute Gasteiger partial charge is 0.334 e. The van der Waals surface area contributed by atoms with Gasteiger partial charge in [0.05, 0.1) is 6.61 Å². The third-order valence-electron chi connectivity index (χ3n) is 2.87. The van der Waals surface area contributed by atoms with E-state index in [-0.39, 0.29) is 25.3 Å². The summed E-state index contributed by atoms with van der Waals surface area (Å²) in [6.45, 7) is 0.874. The lowest BCUT2D eigenvalue weighted by molar-refractivity contribution is -0.156. The van der Waals surface area contributed by atoms with Crippen LogP contribution in [0.2, 0.25) is 0 Å². The first-order valence-corrected chi connectivity index (χ1v) is 5.57. The molecule has 0 spiro atoms. The molecule has 2 rings (SSSR count). The van der Waals surface area contributed by atoms with E-state index in [4.69, 9.17) is 9.84 Å². The second-order valence-electron chi connectivity index (χ2n) is 4.13. The van der Waals surface area contributed by atoms with Crippen LogP contribution in [0.1, 0.15) is 5.56 Å². The molecule has 1 aliphatic rings. The molecule has 1 atom stereocenters. The van der Waals surface area contributed by atoms with E-state index in [1.54, 1.807) is 4.90 Å². The summed E-state index contributed by atoms with van der Waals surface area (Å²) in [4.78, 5) is 12.5. The maximum Gasteiger partial charge on any atom is 0.334 e. The van der Waals surface area contributed by atoms with E-state index < -0.39 is 23.7 Å². The van der Waals surface area contributed by atoms with Crippen LogP contribution in [0.3, 0.4) is 0 Å². The van der Waals surface area contributed by atoms with Crippen LogP contribution < -0.4 is 0 Å². The van der Waals surface area contributed by atoms with Crippen molar-refractivity contribution in [3.8, 4) is 0 Å². The molecule has 1 fully saturated rings. The SMILES string of the molecule is O=C(O)C1CN(Cc2c(F)cccc2F)CCO1. The summed E-state index contributed by atoms with van der Waals surface area (Å²) in [7, 11) is 0. The second kappa shape index (κ2) is 5.41. The zero-order valence-corrected chi connectivity index (χ0v) is 9.60. The number of ether oxygens (including phenoxy) is 1. The zero-order valence-electron chi connectivity index (χ0n) is 9.60. The maximum atomic E-state index is 13.4. The number of carbonyl (C=O) groups is 1. The number of halogens is 2. The molecule has 0 amide bonds. The van der Waals surface area contributed by atoms with Gasteiger partial charge in [0, 0.05) is 25.2 Å². The van der Waals surface area contributed by atoms with Gasteiger partial charge in [-0.25, -0.2) is 13.6 Å². The molecule has 18 heavy (non-hydrogen) atoms. The second-order valence-corrected chi connectivity index (χ2v) is 4.13. The van der Waals surface area contributed by atoms with Crippen molar-refractivity contribution in [2.45, 2.75) is 12.6 Å². The Bertz CT molecular complexity index is 433. The molecule has 98 valence electrons. The molecule has 0 aliphatic carbocycles. The van der Waals surface area contributed by atoms with Crippen LogP contribution in [0, 0.1) is 11.6 Å². The summed E-state index contributed by atoms with van der Waals surface area (Å²) in [6, 6.07) is 3.68. The summed E-state index contributed by atoms with van der Waals surface area (Å²) in [5.74, 6) is -2.30. The molecule has 0 radical (unpaired) electrons. The number of morpholine rings is 1. The highest BCUT2D eigenvalue weighted by molar-refractivity contribution is 5.72. The fourth-order valence-corrected chi connectivity index (χ4v) is 1.90. The van der Waals surface area contributed by atoms with Gasteiger partial charge in [-0.05, 0) is 12.1 Å². The number of aliphatic carboxylic acids is 1. The molecule has 0 aromatic heterocycles. The fourth-order valence-electron chi connectivity index (χ4n) is 1.90. The van der Waals surface area contributed by atoms with Crippen molar-refractivity contribution in [2.75, 3.05) is 19.7 Å². The van der Waals surface area contributed by atoms with Crippen molar-refractivity contribution in [1.29, 1.82) is 0 Å². The van der Waals surface area contributed by atoms with Crippen LogP contribution in [0.4, 0.5) is 8.78 Å².